The molecular formula is C20H23N3O. The van der Waals surface area contributed by atoms with Crippen molar-refractivity contribution < 1.29 is 4.79 Å². The first-order chi connectivity index (χ1) is 11.7. The van der Waals surface area contributed by atoms with E-state index in [4.69, 9.17) is 0 Å². The molecule has 0 saturated carbocycles. The van der Waals surface area contributed by atoms with Crippen LogP contribution in [0.4, 0.5) is 0 Å². The molecule has 0 bridgehead atoms. The number of nitrogens with zero attached hydrogens (tertiary/aromatic N) is 2. The monoisotopic (exact) mass is 321 g/mol. The quantitative estimate of drug-likeness (QED) is 0.945. The Kier molecular flexibility index (Phi) is 4.07. The number of carbonyl (C=O) groups is 1. The number of hydrogen-bond donors (Lipinski definition) is 1. The van der Waals surface area contributed by atoms with Crippen molar-refractivity contribution in [3.63, 3.8) is 0 Å². The van der Waals surface area contributed by atoms with Gasteiger partial charge in [0, 0.05) is 37.6 Å². The molecular weight excluding hydrogens is 298 g/mol. The zero-order chi connectivity index (χ0) is 16.4. The van der Waals surface area contributed by atoms with E-state index in [-0.39, 0.29) is 17.4 Å². The summed E-state index contributed by atoms with van der Waals surface area (Å²) in [4.78, 5) is 19.0. The minimum Gasteiger partial charge on any atom is -0.350 e. The number of hydrogen-bond acceptors (Lipinski definition) is 3. The molecule has 4 nitrogen and oxygen atoms in total. The molecule has 0 radical (unpaired) electrons. The third-order valence-corrected chi connectivity index (χ3v) is 5.47. The van der Waals surface area contributed by atoms with Gasteiger partial charge < -0.3 is 5.32 Å². The van der Waals surface area contributed by atoms with Gasteiger partial charge in [-0.2, -0.15) is 0 Å². The Labute approximate surface area is 142 Å². The number of nitrogens with one attached hydrogen (secondary N) is 1. The second-order valence-corrected chi connectivity index (χ2v) is 7.07. The molecule has 1 N–H and O–H groups in total. The predicted molar refractivity (Wildman–Crippen MR) is 93.4 cm³/mol. The lowest BCUT2D eigenvalue weighted by Gasteiger charge is -2.39. The second kappa shape index (κ2) is 6.36. The van der Waals surface area contributed by atoms with Crippen LogP contribution in [0.1, 0.15) is 36.3 Å². The third-order valence-electron chi connectivity index (χ3n) is 5.47. The number of carbonyl (C=O) groups excluding carboxylic acids is 1. The normalized spacial score (nSPS) is 23.3. The summed E-state index contributed by atoms with van der Waals surface area (Å²) in [5.74, 6) is 0.210. The van der Waals surface area contributed by atoms with Crippen molar-refractivity contribution in [2.45, 2.75) is 37.3 Å². The summed E-state index contributed by atoms with van der Waals surface area (Å²) < 4.78 is 0. The lowest BCUT2D eigenvalue weighted by molar-refractivity contribution is -0.121. The van der Waals surface area contributed by atoms with Gasteiger partial charge in [-0.1, -0.05) is 30.3 Å². The molecule has 2 aromatic rings. The Morgan fingerprint density at radius 1 is 1.08 bits per heavy atom. The van der Waals surface area contributed by atoms with Gasteiger partial charge in [-0.05, 0) is 42.5 Å². The Hall–Kier alpha value is -2.20. The van der Waals surface area contributed by atoms with Crippen LogP contribution in [0.25, 0.3) is 0 Å². The largest absolute Gasteiger partial charge is 0.350 e. The van der Waals surface area contributed by atoms with Gasteiger partial charge in [-0.25, -0.2) is 0 Å². The highest BCUT2D eigenvalue weighted by atomic mass is 16.2. The predicted octanol–water partition coefficient (Wildman–Crippen LogP) is 2.72. The van der Waals surface area contributed by atoms with Gasteiger partial charge in [0.05, 0.1) is 5.92 Å². The maximum absolute atomic E-state index is 12.5. The lowest BCUT2D eigenvalue weighted by atomic mass is 9.82. The van der Waals surface area contributed by atoms with E-state index in [1.165, 1.54) is 5.56 Å². The number of piperidine rings is 1. The summed E-state index contributed by atoms with van der Waals surface area (Å²) in [7, 11) is 0. The van der Waals surface area contributed by atoms with E-state index < -0.39 is 0 Å². The van der Waals surface area contributed by atoms with Crippen molar-refractivity contribution in [3.05, 3.63) is 66.0 Å². The zero-order valence-corrected chi connectivity index (χ0v) is 13.8. The van der Waals surface area contributed by atoms with Crippen molar-refractivity contribution in [2.24, 2.45) is 0 Å². The van der Waals surface area contributed by atoms with Crippen LogP contribution < -0.4 is 5.32 Å². The SMILES string of the molecule is O=C1NC2(CCN(Cc3ccncc3)CC2)CC1c1ccccc1. The summed E-state index contributed by atoms with van der Waals surface area (Å²) in [6.07, 6.45) is 6.70. The molecule has 1 aromatic carbocycles. The maximum atomic E-state index is 12.5. The molecule has 0 aliphatic carbocycles. The summed E-state index contributed by atoms with van der Waals surface area (Å²) in [6.45, 7) is 3.03. The van der Waals surface area contributed by atoms with Crippen LogP contribution in [0.15, 0.2) is 54.9 Å². The molecule has 4 heteroatoms. The Balaban J connectivity index is 1.39. The molecule has 2 aliphatic heterocycles. The van der Waals surface area contributed by atoms with Crippen LogP contribution in [-0.4, -0.2) is 34.4 Å². The van der Waals surface area contributed by atoms with Gasteiger partial charge in [0.25, 0.3) is 0 Å². The van der Waals surface area contributed by atoms with Crippen LogP contribution in [0.2, 0.25) is 0 Å². The molecule has 2 fully saturated rings. The molecule has 2 saturated heterocycles. The zero-order valence-electron chi connectivity index (χ0n) is 13.8. The van der Waals surface area contributed by atoms with Crippen molar-refractivity contribution >= 4 is 5.91 Å². The summed E-state index contributed by atoms with van der Waals surface area (Å²) in [5, 5.41) is 3.33. The first kappa shape index (κ1) is 15.3. The average molecular weight is 321 g/mol. The van der Waals surface area contributed by atoms with E-state index in [1.54, 1.807) is 0 Å². The van der Waals surface area contributed by atoms with Crippen LogP contribution in [0.5, 0.6) is 0 Å². The summed E-state index contributed by atoms with van der Waals surface area (Å²) >= 11 is 0. The van der Waals surface area contributed by atoms with Gasteiger partial charge in [0.2, 0.25) is 5.91 Å². The molecule has 1 spiro atoms. The van der Waals surface area contributed by atoms with Crippen molar-refractivity contribution in [1.82, 2.24) is 15.2 Å². The molecule has 1 amide bonds. The van der Waals surface area contributed by atoms with E-state index >= 15 is 0 Å². The van der Waals surface area contributed by atoms with E-state index in [2.05, 4.69) is 39.5 Å². The molecule has 24 heavy (non-hydrogen) atoms. The van der Waals surface area contributed by atoms with E-state index in [9.17, 15) is 4.79 Å². The van der Waals surface area contributed by atoms with Gasteiger partial charge in [0.1, 0.15) is 0 Å². The summed E-state index contributed by atoms with van der Waals surface area (Å²) in [6, 6.07) is 14.3. The number of amides is 1. The summed E-state index contributed by atoms with van der Waals surface area (Å²) in [5.41, 5.74) is 2.44. The third kappa shape index (κ3) is 3.06. The Morgan fingerprint density at radius 2 is 1.79 bits per heavy atom. The molecule has 124 valence electrons. The van der Waals surface area contributed by atoms with Gasteiger partial charge >= 0.3 is 0 Å². The van der Waals surface area contributed by atoms with E-state index in [0.29, 0.717) is 0 Å². The number of aromatic nitrogens is 1. The average Bonchev–Trinajstić information content (AvgIpc) is 2.95. The maximum Gasteiger partial charge on any atom is 0.228 e. The number of rotatable bonds is 3. The van der Waals surface area contributed by atoms with E-state index in [1.807, 2.05) is 30.6 Å². The molecule has 1 atom stereocenters. The second-order valence-electron chi connectivity index (χ2n) is 7.07. The number of pyridine rings is 1. The van der Waals surface area contributed by atoms with Crippen LogP contribution in [0, 0.1) is 0 Å². The smallest absolute Gasteiger partial charge is 0.228 e. The van der Waals surface area contributed by atoms with Crippen LogP contribution in [0.3, 0.4) is 0 Å². The number of likely N-dealkylation sites (tertiary alicyclic amines) is 1. The van der Waals surface area contributed by atoms with Crippen LogP contribution in [-0.2, 0) is 11.3 Å². The standard InChI is InChI=1S/C20H23N3O/c24-19-18(17-4-2-1-3-5-17)14-20(22-19)8-12-23(13-9-20)15-16-6-10-21-11-7-16/h1-7,10-11,18H,8-9,12-15H2,(H,22,24). The highest BCUT2D eigenvalue weighted by molar-refractivity contribution is 5.87. The molecule has 3 heterocycles. The highest BCUT2D eigenvalue weighted by Crippen LogP contribution is 2.39. The first-order valence-corrected chi connectivity index (χ1v) is 8.72. The van der Waals surface area contributed by atoms with Gasteiger partial charge in [-0.3, -0.25) is 14.7 Å². The van der Waals surface area contributed by atoms with Crippen molar-refractivity contribution in [3.8, 4) is 0 Å². The van der Waals surface area contributed by atoms with Gasteiger partial charge in [0.15, 0.2) is 0 Å². The first-order valence-electron chi connectivity index (χ1n) is 8.72. The lowest BCUT2D eigenvalue weighted by Crippen LogP contribution is -2.50. The minimum atomic E-state index is -0.00760. The topological polar surface area (TPSA) is 45.2 Å². The fraction of sp³-hybridized carbons (Fsp3) is 0.400. The van der Waals surface area contributed by atoms with Crippen molar-refractivity contribution in [1.29, 1.82) is 0 Å². The molecule has 2 aliphatic rings. The Morgan fingerprint density at radius 3 is 2.50 bits per heavy atom. The Bertz CT molecular complexity index is 693. The molecule has 1 unspecified atom stereocenters. The van der Waals surface area contributed by atoms with Gasteiger partial charge in [-0.15, -0.1) is 0 Å². The molecule has 1 aromatic heterocycles. The number of benzene rings is 1. The van der Waals surface area contributed by atoms with Crippen molar-refractivity contribution in [2.75, 3.05) is 13.1 Å². The fourth-order valence-corrected chi connectivity index (χ4v) is 4.05. The van der Waals surface area contributed by atoms with Crippen LogP contribution >= 0.6 is 0 Å². The fourth-order valence-electron chi connectivity index (χ4n) is 4.05. The van der Waals surface area contributed by atoms with E-state index in [0.717, 1.165) is 44.5 Å². The minimum absolute atomic E-state index is 0.00760. The molecule has 4 rings (SSSR count). The highest BCUT2D eigenvalue weighted by Gasteiger charge is 2.45.